The van der Waals surface area contributed by atoms with E-state index >= 15 is 0 Å². The SMILES string of the molecule is O=C(NCc1ccc(N2CCCCC2)cc1)c1ccccc1Br. The normalized spacial score (nSPS) is 14.6. The van der Waals surface area contributed by atoms with Crippen LogP contribution in [-0.4, -0.2) is 19.0 Å². The molecule has 0 spiro atoms. The molecule has 1 saturated heterocycles. The maximum absolute atomic E-state index is 12.2. The lowest BCUT2D eigenvalue weighted by Crippen LogP contribution is -2.29. The summed E-state index contributed by atoms with van der Waals surface area (Å²) in [6.07, 6.45) is 3.91. The van der Waals surface area contributed by atoms with Crippen LogP contribution < -0.4 is 10.2 Å². The number of rotatable bonds is 4. The topological polar surface area (TPSA) is 32.3 Å². The van der Waals surface area contributed by atoms with Gasteiger partial charge in [0.25, 0.3) is 5.91 Å². The van der Waals surface area contributed by atoms with E-state index in [-0.39, 0.29) is 5.91 Å². The predicted molar refractivity (Wildman–Crippen MR) is 97.8 cm³/mol. The van der Waals surface area contributed by atoms with Crippen molar-refractivity contribution in [3.05, 3.63) is 64.1 Å². The smallest absolute Gasteiger partial charge is 0.252 e. The third kappa shape index (κ3) is 4.14. The van der Waals surface area contributed by atoms with Gasteiger partial charge in [0.05, 0.1) is 5.56 Å². The summed E-state index contributed by atoms with van der Waals surface area (Å²) in [6, 6.07) is 16.0. The van der Waals surface area contributed by atoms with Crippen LogP contribution >= 0.6 is 15.9 Å². The maximum atomic E-state index is 12.2. The zero-order valence-corrected chi connectivity index (χ0v) is 14.7. The van der Waals surface area contributed by atoms with Gasteiger partial charge < -0.3 is 10.2 Å². The number of hydrogen-bond acceptors (Lipinski definition) is 2. The molecule has 3 nitrogen and oxygen atoms in total. The molecule has 1 fully saturated rings. The highest BCUT2D eigenvalue weighted by atomic mass is 79.9. The number of piperidine rings is 1. The summed E-state index contributed by atoms with van der Waals surface area (Å²) >= 11 is 3.41. The van der Waals surface area contributed by atoms with Gasteiger partial charge in [0, 0.05) is 29.8 Å². The summed E-state index contributed by atoms with van der Waals surface area (Å²) < 4.78 is 0.818. The molecule has 0 aliphatic carbocycles. The average molecular weight is 373 g/mol. The van der Waals surface area contributed by atoms with Gasteiger partial charge in [0.2, 0.25) is 0 Å². The fourth-order valence-corrected chi connectivity index (χ4v) is 3.36. The van der Waals surface area contributed by atoms with Crippen molar-refractivity contribution in [1.82, 2.24) is 5.32 Å². The molecule has 1 aliphatic heterocycles. The summed E-state index contributed by atoms with van der Waals surface area (Å²) in [6.45, 7) is 2.84. The number of carbonyl (C=O) groups excluding carboxylic acids is 1. The molecule has 1 heterocycles. The predicted octanol–water partition coefficient (Wildman–Crippen LogP) is 4.37. The first-order valence-electron chi connectivity index (χ1n) is 8.10. The zero-order chi connectivity index (χ0) is 16.1. The van der Waals surface area contributed by atoms with Gasteiger partial charge in [0.1, 0.15) is 0 Å². The van der Waals surface area contributed by atoms with Crippen LogP contribution in [0.15, 0.2) is 53.0 Å². The summed E-state index contributed by atoms with van der Waals surface area (Å²) in [5.41, 5.74) is 3.06. The van der Waals surface area contributed by atoms with Crippen LogP contribution in [0, 0.1) is 0 Å². The second-order valence-electron chi connectivity index (χ2n) is 5.88. The van der Waals surface area contributed by atoms with Gasteiger partial charge in [-0.05, 0) is 65.0 Å². The quantitative estimate of drug-likeness (QED) is 0.863. The standard InChI is InChI=1S/C19H21BrN2O/c20-18-7-3-2-6-17(18)19(23)21-14-15-8-10-16(11-9-15)22-12-4-1-5-13-22/h2-3,6-11H,1,4-5,12-14H2,(H,21,23). The van der Waals surface area contributed by atoms with Gasteiger partial charge in [-0.1, -0.05) is 24.3 Å². The highest BCUT2D eigenvalue weighted by Gasteiger charge is 2.11. The third-order valence-corrected chi connectivity index (χ3v) is 4.92. The molecular formula is C19H21BrN2O. The molecule has 1 N–H and O–H groups in total. The Hall–Kier alpha value is -1.81. The average Bonchev–Trinajstić information content (AvgIpc) is 2.61. The molecule has 3 rings (SSSR count). The Labute approximate surface area is 145 Å². The van der Waals surface area contributed by atoms with E-state index in [9.17, 15) is 4.79 Å². The number of nitrogens with zero attached hydrogens (tertiary/aromatic N) is 1. The number of anilines is 1. The van der Waals surface area contributed by atoms with Gasteiger partial charge >= 0.3 is 0 Å². The van der Waals surface area contributed by atoms with E-state index in [2.05, 4.69) is 50.4 Å². The van der Waals surface area contributed by atoms with Crippen molar-refractivity contribution < 1.29 is 4.79 Å². The van der Waals surface area contributed by atoms with Crippen molar-refractivity contribution in [2.45, 2.75) is 25.8 Å². The minimum atomic E-state index is -0.0578. The molecule has 1 amide bonds. The Morgan fingerprint density at radius 1 is 1.00 bits per heavy atom. The van der Waals surface area contributed by atoms with Crippen molar-refractivity contribution in [1.29, 1.82) is 0 Å². The molecule has 4 heteroatoms. The molecule has 0 radical (unpaired) electrons. The lowest BCUT2D eigenvalue weighted by Gasteiger charge is -2.28. The molecule has 1 aliphatic rings. The number of halogens is 1. The van der Waals surface area contributed by atoms with Gasteiger partial charge in [-0.2, -0.15) is 0 Å². The van der Waals surface area contributed by atoms with Crippen LogP contribution in [0.2, 0.25) is 0 Å². The molecule has 0 aromatic heterocycles. The molecule has 120 valence electrons. The van der Waals surface area contributed by atoms with E-state index in [4.69, 9.17) is 0 Å². The summed E-state index contributed by atoms with van der Waals surface area (Å²) in [4.78, 5) is 14.6. The third-order valence-electron chi connectivity index (χ3n) is 4.23. The largest absolute Gasteiger partial charge is 0.372 e. The van der Waals surface area contributed by atoms with Crippen molar-refractivity contribution in [2.24, 2.45) is 0 Å². The Morgan fingerprint density at radius 3 is 2.39 bits per heavy atom. The van der Waals surface area contributed by atoms with Crippen LogP contribution in [-0.2, 0) is 6.54 Å². The highest BCUT2D eigenvalue weighted by molar-refractivity contribution is 9.10. The van der Waals surface area contributed by atoms with Crippen LogP contribution in [0.1, 0.15) is 35.2 Å². The van der Waals surface area contributed by atoms with Crippen molar-refractivity contribution >= 4 is 27.5 Å². The second kappa shape index (κ2) is 7.64. The zero-order valence-electron chi connectivity index (χ0n) is 13.1. The first kappa shape index (κ1) is 16.1. The molecule has 2 aromatic rings. The Kier molecular flexibility index (Phi) is 5.34. The van der Waals surface area contributed by atoms with Crippen molar-refractivity contribution in [3.8, 4) is 0 Å². The van der Waals surface area contributed by atoms with Crippen LogP contribution in [0.5, 0.6) is 0 Å². The highest BCUT2D eigenvalue weighted by Crippen LogP contribution is 2.20. The number of benzene rings is 2. The van der Waals surface area contributed by atoms with E-state index in [0.29, 0.717) is 12.1 Å². The van der Waals surface area contributed by atoms with E-state index in [1.165, 1.54) is 24.9 Å². The Balaban J connectivity index is 1.58. The lowest BCUT2D eigenvalue weighted by atomic mass is 10.1. The summed E-state index contributed by atoms with van der Waals surface area (Å²) in [5.74, 6) is -0.0578. The van der Waals surface area contributed by atoms with Gasteiger partial charge in [0.15, 0.2) is 0 Å². The minimum Gasteiger partial charge on any atom is -0.372 e. The van der Waals surface area contributed by atoms with Crippen LogP contribution in [0.25, 0.3) is 0 Å². The molecule has 2 aromatic carbocycles. The minimum absolute atomic E-state index is 0.0578. The van der Waals surface area contributed by atoms with E-state index in [1.807, 2.05) is 24.3 Å². The fraction of sp³-hybridized carbons (Fsp3) is 0.316. The Bertz CT molecular complexity index is 663. The molecule has 0 bridgehead atoms. The van der Waals surface area contributed by atoms with Crippen LogP contribution in [0.3, 0.4) is 0 Å². The number of amides is 1. The molecule has 0 unspecified atom stereocenters. The lowest BCUT2D eigenvalue weighted by molar-refractivity contribution is 0.0950. The first-order valence-corrected chi connectivity index (χ1v) is 8.90. The van der Waals surface area contributed by atoms with Crippen molar-refractivity contribution in [3.63, 3.8) is 0 Å². The fourth-order valence-electron chi connectivity index (χ4n) is 2.90. The Morgan fingerprint density at radius 2 is 1.70 bits per heavy atom. The van der Waals surface area contributed by atoms with Gasteiger partial charge in [-0.3, -0.25) is 4.79 Å². The monoisotopic (exact) mass is 372 g/mol. The summed E-state index contributed by atoms with van der Waals surface area (Å²) in [5, 5.41) is 2.97. The molecule has 0 saturated carbocycles. The number of nitrogens with one attached hydrogen (secondary N) is 1. The van der Waals surface area contributed by atoms with Crippen LogP contribution in [0.4, 0.5) is 5.69 Å². The van der Waals surface area contributed by atoms with E-state index in [1.54, 1.807) is 0 Å². The first-order chi connectivity index (χ1) is 11.2. The van der Waals surface area contributed by atoms with Gasteiger partial charge in [-0.25, -0.2) is 0 Å². The number of hydrogen-bond donors (Lipinski definition) is 1. The molecule has 23 heavy (non-hydrogen) atoms. The number of carbonyl (C=O) groups is 1. The van der Waals surface area contributed by atoms with E-state index in [0.717, 1.165) is 23.1 Å². The second-order valence-corrected chi connectivity index (χ2v) is 6.73. The van der Waals surface area contributed by atoms with Crippen molar-refractivity contribution in [2.75, 3.05) is 18.0 Å². The van der Waals surface area contributed by atoms with E-state index < -0.39 is 0 Å². The molecular weight excluding hydrogens is 352 g/mol. The summed E-state index contributed by atoms with van der Waals surface area (Å²) in [7, 11) is 0. The van der Waals surface area contributed by atoms with Gasteiger partial charge in [-0.15, -0.1) is 0 Å². The molecule has 0 atom stereocenters. The maximum Gasteiger partial charge on any atom is 0.252 e.